The first-order valence-corrected chi connectivity index (χ1v) is 7.95. The van der Waals surface area contributed by atoms with Gasteiger partial charge < -0.3 is 9.47 Å². The van der Waals surface area contributed by atoms with Crippen LogP contribution in [0.4, 0.5) is 5.69 Å². The fourth-order valence-corrected chi connectivity index (χ4v) is 2.44. The van der Waals surface area contributed by atoms with Crippen molar-refractivity contribution < 1.29 is 22.8 Å². The predicted octanol–water partition coefficient (Wildman–Crippen LogP) is 2.33. The van der Waals surface area contributed by atoms with Crippen LogP contribution in [0.2, 0.25) is 0 Å². The molecule has 7 nitrogen and oxygen atoms in total. The normalized spacial score (nSPS) is 12.9. The molecular weight excluding hydrogens is 310 g/mol. The summed E-state index contributed by atoms with van der Waals surface area (Å²) in [4.78, 5) is 9.54. The van der Waals surface area contributed by atoms with Crippen LogP contribution in [0.5, 0.6) is 5.75 Å². The maximum absolute atomic E-state index is 11.5. The highest BCUT2D eigenvalue weighted by molar-refractivity contribution is 8.13. The molecule has 0 heterocycles. The van der Waals surface area contributed by atoms with Crippen LogP contribution >= 0.6 is 10.7 Å². The van der Waals surface area contributed by atoms with Gasteiger partial charge in [-0.25, -0.2) is 8.42 Å². The lowest BCUT2D eigenvalue weighted by Crippen LogP contribution is -2.15. The first kappa shape index (κ1) is 16.7. The van der Waals surface area contributed by atoms with E-state index in [1.165, 1.54) is 13.2 Å². The van der Waals surface area contributed by atoms with Gasteiger partial charge >= 0.3 is 0 Å². The minimum atomic E-state index is -4.14. The lowest BCUT2D eigenvalue weighted by Gasteiger charge is -2.16. The molecule has 1 aromatic rings. The first-order valence-electron chi connectivity index (χ1n) is 5.64. The number of nitrogens with zero attached hydrogens (tertiary/aromatic N) is 1. The lowest BCUT2D eigenvalue weighted by atomic mass is 10.2. The second kappa shape index (κ2) is 6.87. The molecule has 0 aliphatic carbocycles. The minimum Gasteiger partial charge on any atom is -0.489 e. The van der Waals surface area contributed by atoms with Gasteiger partial charge in [0.1, 0.15) is 10.6 Å². The van der Waals surface area contributed by atoms with Gasteiger partial charge in [0.05, 0.1) is 11.0 Å². The Balaban J connectivity index is 3.10. The molecule has 0 saturated carbocycles. The fourth-order valence-electron chi connectivity index (χ4n) is 1.46. The van der Waals surface area contributed by atoms with Crippen molar-refractivity contribution >= 4 is 25.4 Å². The van der Waals surface area contributed by atoms with Gasteiger partial charge in [0, 0.05) is 43.0 Å². The van der Waals surface area contributed by atoms with Gasteiger partial charge in [-0.2, -0.15) is 0 Å². The van der Waals surface area contributed by atoms with Gasteiger partial charge in [0.2, 0.25) is 0 Å². The van der Waals surface area contributed by atoms with Gasteiger partial charge in [-0.1, -0.05) is 0 Å². The summed E-state index contributed by atoms with van der Waals surface area (Å²) in [7, 11) is 2.66. The van der Waals surface area contributed by atoms with E-state index in [1.54, 1.807) is 6.92 Å². The summed E-state index contributed by atoms with van der Waals surface area (Å²) in [5.41, 5.74) is -0.374. The van der Waals surface area contributed by atoms with Crippen molar-refractivity contribution in [3.63, 3.8) is 0 Å². The molecule has 9 heteroatoms. The van der Waals surface area contributed by atoms with E-state index in [4.69, 9.17) is 20.2 Å². The Morgan fingerprint density at radius 1 is 1.45 bits per heavy atom. The van der Waals surface area contributed by atoms with Gasteiger partial charge in [-0.05, 0) is 13.0 Å². The van der Waals surface area contributed by atoms with E-state index in [2.05, 4.69) is 0 Å². The number of non-ortho nitro benzene ring substituents is 1. The Morgan fingerprint density at radius 2 is 2.10 bits per heavy atom. The van der Waals surface area contributed by atoms with Crippen molar-refractivity contribution in [2.45, 2.75) is 24.3 Å². The smallest absolute Gasteiger partial charge is 0.271 e. The molecule has 0 spiro atoms. The van der Waals surface area contributed by atoms with Crippen LogP contribution in [0.3, 0.4) is 0 Å². The number of rotatable bonds is 7. The van der Waals surface area contributed by atoms with E-state index < -0.39 is 18.9 Å². The second-order valence-corrected chi connectivity index (χ2v) is 6.57. The summed E-state index contributed by atoms with van der Waals surface area (Å²) in [6, 6.07) is 3.25. The molecule has 0 radical (unpaired) electrons. The molecule has 1 rings (SSSR count). The van der Waals surface area contributed by atoms with E-state index in [-0.39, 0.29) is 17.5 Å². The third-order valence-electron chi connectivity index (χ3n) is 2.46. The van der Waals surface area contributed by atoms with Crippen molar-refractivity contribution in [2.75, 3.05) is 13.7 Å². The Morgan fingerprint density at radius 3 is 2.60 bits per heavy atom. The van der Waals surface area contributed by atoms with Crippen molar-refractivity contribution in [3.8, 4) is 5.75 Å². The predicted molar refractivity (Wildman–Crippen MR) is 72.7 cm³/mol. The molecule has 0 N–H and O–H groups in total. The molecule has 1 atom stereocenters. The number of halogens is 1. The standard InChI is InChI=1S/C11H14ClNO6S/c1-8(5-6-18-2)19-10-4-3-9(13(14)15)7-11(10)20(12,16)17/h3-4,7-8H,5-6H2,1-2H3. The number of ether oxygens (including phenoxy) is 2. The molecule has 1 unspecified atom stereocenters. The summed E-state index contributed by atoms with van der Waals surface area (Å²) in [5, 5.41) is 10.7. The molecule has 0 amide bonds. The van der Waals surface area contributed by atoms with Gasteiger partial charge in [-0.3, -0.25) is 10.1 Å². The number of benzene rings is 1. The van der Waals surface area contributed by atoms with Crippen molar-refractivity contribution in [3.05, 3.63) is 28.3 Å². The topological polar surface area (TPSA) is 95.7 Å². The maximum Gasteiger partial charge on any atom is 0.271 e. The monoisotopic (exact) mass is 323 g/mol. The van der Waals surface area contributed by atoms with E-state index in [9.17, 15) is 18.5 Å². The second-order valence-electron chi connectivity index (χ2n) is 4.04. The van der Waals surface area contributed by atoms with Crippen LogP contribution in [-0.4, -0.2) is 33.2 Å². The third-order valence-corrected chi connectivity index (χ3v) is 3.80. The van der Waals surface area contributed by atoms with Gasteiger partial charge in [-0.15, -0.1) is 0 Å². The largest absolute Gasteiger partial charge is 0.489 e. The van der Waals surface area contributed by atoms with E-state index >= 15 is 0 Å². The molecule has 0 aliphatic heterocycles. The minimum absolute atomic E-state index is 0.0193. The van der Waals surface area contributed by atoms with Gasteiger partial charge in [0.15, 0.2) is 0 Å². The van der Waals surface area contributed by atoms with Crippen LogP contribution in [0.15, 0.2) is 23.1 Å². The SMILES string of the molecule is COCCC(C)Oc1ccc([N+](=O)[O-])cc1S(=O)(=O)Cl. The molecule has 0 bridgehead atoms. The Hall–Kier alpha value is -1.38. The molecule has 112 valence electrons. The molecule has 0 fully saturated rings. The number of nitro groups is 1. The van der Waals surface area contributed by atoms with Crippen LogP contribution in [0, 0.1) is 10.1 Å². The average Bonchev–Trinajstić information content (AvgIpc) is 2.35. The highest BCUT2D eigenvalue weighted by atomic mass is 35.7. The number of methoxy groups -OCH3 is 1. The number of hydrogen-bond donors (Lipinski definition) is 0. The van der Waals surface area contributed by atoms with Crippen molar-refractivity contribution in [1.29, 1.82) is 0 Å². The Kier molecular flexibility index (Phi) is 5.73. The Bertz CT molecular complexity index is 589. The van der Waals surface area contributed by atoms with Crippen LogP contribution in [0.25, 0.3) is 0 Å². The molecule has 0 aromatic heterocycles. The summed E-state index contributed by atoms with van der Waals surface area (Å²) in [6.45, 7) is 2.17. The highest BCUT2D eigenvalue weighted by Gasteiger charge is 2.22. The van der Waals surface area contributed by atoms with Crippen LogP contribution in [0.1, 0.15) is 13.3 Å². The third kappa shape index (κ3) is 4.62. The van der Waals surface area contributed by atoms with Gasteiger partial charge in [0.25, 0.3) is 14.7 Å². The van der Waals surface area contributed by atoms with E-state index in [0.29, 0.717) is 13.0 Å². The van der Waals surface area contributed by atoms with E-state index in [1.807, 2.05) is 0 Å². The van der Waals surface area contributed by atoms with E-state index in [0.717, 1.165) is 12.1 Å². The first-order chi connectivity index (χ1) is 9.25. The highest BCUT2D eigenvalue weighted by Crippen LogP contribution is 2.31. The lowest BCUT2D eigenvalue weighted by molar-refractivity contribution is -0.385. The average molecular weight is 324 g/mol. The summed E-state index contributed by atoms with van der Waals surface area (Å²) in [5.74, 6) is -0.0193. The fraction of sp³-hybridized carbons (Fsp3) is 0.455. The van der Waals surface area contributed by atoms with Crippen molar-refractivity contribution in [1.82, 2.24) is 0 Å². The summed E-state index contributed by atoms with van der Waals surface area (Å²) >= 11 is 0. The zero-order chi connectivity index (χ0) is 15.3. The molecule has 1 aromatic carbocycles. The molecular formula is C11H14ClNO6S. The zero-order valence-corrected chi connectivity index (χ0v) is 12.5. The quantitative estimate of drug-likeness (QED) is 0.434. The molecule has 0 saturated heterocycles. The summed E-state index contributed by atoms with van der Waals surface area (Å²) < 4.78 is 33.3. The molecule has 20 heavy (non-hydrogen) atoms. The van der Waals surface area contributed by atoms with Crippen LogP contribution in [-0.2, 0) is 13.8 Å². The molecule has 0 aliphatic rings. The van der Waals surface area contributed by atoms with Crippen molar-refractivity contribution in [2.24, 2.45) is 0 Å². The number of hydrogen-bond acceptors (Lipinski definition) is 6. The maximum atomic E-state index is 11.5. The summed E-state index contributed by atoms with van der Waals surface area (Å²) in [6.07, 6.45) is 0.212. The van der Waals surface area contributed by atoms with Crippen LogP contribution < -0.4 is 4.74 Å². The number of nitro benzene ring substituents is 1. The zero-order valence-electron chi connectivity index (χ0n) is 10.9. The Labute approximate surface area is 121 Å².